The normalized spacial score (nSPS) is 16.3. The van der Waals surface area contributed by atoms with Gasteiger partial charge in [0, 0.05) is 30.2 Å². The number of phenolic OH excluding ortho intramolecular Hbond substituents is 1. The lowest BCUT2D eigenvalue weighted by Crippen LogP contribution is -2.39. The highest BCUT2D eigenvalue weighted by atomic mass is 16.5. The van der Waals surface area contributed by atoms with Crippen LogP contribution in [0, 0.1) is 0 Å². The second-order valence-corrected chi connectivity index (χ2v) is 10.7. The third kappa shape index (κ3) is 4.21. The molecule has 1 atom stereocenters. The third-order valence-electron chi connectivity index (χ3n) is 8.51. The molecule has 0 fully saturated rings. The summed E-state index contributed by atoms with van der Waals surface area (Å²) in [5, 5.41) is 21.3. The lowest BCUT2D eigenvalue weighted by atomic mass is 9.84. The molecule has 0 aliphatic carbocycles. The number of phenols is 1. The maximum atomic E-state index is 10.4. The minimum Gasteiger partial charge on any atom is -0.508 e. The van der Waals surface area contributed by atoms with Gasteiger partial charge in [0.2, 0.25) is 0 Å². The molecule has 7 rings (SSSR count). The first-order valence-corrected chi connectivity index (χ1v) is 13.8. The highest BCUT2D eigenvalue weighted by Crippen LogP contribution is 2.45. The van der Waals surface area contributed by atoms with Gasteiger partial charge in [0.15, 0.2) is 11.5 Å². The van der Waals surface area contributed by atoms with Crippen molar-refractivity contribution in [3.8, 4) is 28.4 Å². The van der Waals surface area contributed by atoms with E-state index in [2.05, 4.69) is 51.9 Å². The average Bonchev–Trinajstić information content (AvgIpc) is 3.31. The van der Waals surface area contributed by atoms with Crippen LogP contribution in [-0.2, 0) is 32.7 Å². The van der Waals surface area contributed by atoms with Gasteiger partial charge in [0.25, 0.3) is 0 Å². The molecule has 0 saturated heterocycles. The minimum atomic E-state index is -0.0475. The van der Waals surface area contributed by atoms with E-state index in [0.29, 0.717) is 6.61 Å². The van der Waals surface area contributed by atoms with Gasteiger partial charge in [-0.25, -0.2) is 0 Å². The molecule has 2 aliphatic heterocycles. The molecule has 1 aromatic heterocycles. The van der Waals surface area contributed by atoms with Crippen LogP contribution in [0.15, 0.2) is 84.9 Å². The molecule has 6 heteroatoms. The first-order chi connectivity index (χ1) is 19.6. The molecule has 0 spiro atoms. The molecule has 6 nitrogen and oxygen atoms in total. The molecular formula is C34H32N2O4. The molecular weight excluding hydrogens is 500 g/mol. The second kappa shape index (κ2) is 10.0. The Balaban J connectivity index is 1.28. The van der Waals surface area contributed by atoms with Gasteiger partial charge in [-0.15, -0.1) is 0 Å². The van der Waals surface area contributed by atoms with Crippen LogP contribution >= 0.6 is 0 Å². The van der Waals surface area contributed by atoms with Crippen LogP contribution in [0.2, 0.25) is 0 Å². The Hall–Kier alpha value is -4.26. The van der Waals surface area contributed by atoms with E-state index in [-0.39, 0.29) is 18.5 Å². The van der Waals surface area contributed by atoms with E-state index in [1.165, 1.54) is 27.8 Å². The van der Waals surface area contributed by atoms with Crippen molar-refractivity contribution in [1.29, 1.82) is 0 Å². The Bertz CT molecular complexity index is 1690. The fraction of sp³-hybridized carbons (Fsp3) is 0.235. The summed E-state index contributed by atoms with van der Waals surface area (Å²) in [5.41, 5.74) is 9.40. The molecule has 5 aromatic rings. The van der Waals surface area contributed by atoms with Crippen LogP contribution in [0.1, 0.15) is 34.0 Å². The monoisotopic (exact) mass is 532 g/mol. The Morgan fingerprint density at radius 2 is 1.70 bits per heavy atom. The zero-order chi connectivity index (χ0) is 27.2. The maximum absolute atomic E-state index is 10.4. The summed E-state index contributed by atoms with van der Waals surface area (Å²) in [5.74, 6) is 1.80. The van der Waals surface area contributed by atoms with E-state index in [4.69, 9.17) is 9.47 Å². The Morgan fingerprint density at radius 1 is 0.900 bits per heavy atom. The number of hydrogen-bond donors (Lipinski definition) is 2. The number of methoxy groups -OCH3 is 1. The molecule has 0 bridgehead atoms. The fourth-order valence-corrected chi connectivity index (χ4v) is 6.46. The number of fused-ring (bicyclic) bond motifs is 6. The molecule has 0 saturated carbocycles. The summed E-state index contributed by atoms with van der Waals surface area (Å²) in [4.78, 5) is 2.53. The summed E-state index contributed by atoms with van der Waals surface area (Å²) in [6.45, 7) is 2.18. The first kappa shape index (κ1) is 24.8. The van der Waals surface area contributed by atoms with Gasteiger partial charge in [-0.2, -0.15) is 0 Å². The topological polar surface area (TPSA) is 67.1 Å². The lowest BCUT2D eigenvalue weighted by Gasteiger charge is -2.41. The van der Waals surface area contributed by atoms with Crippen molar-refractivity contribution < 1.29 is 19.7 Å². The largest absolute Gasteiger partial charge is 0.508 e. The Kier molecular flexibility index (Phi) is 6.22. The predicted octanol–water partition coefficient (Wildman–Crippen LogP) is 6.21. The van der Waals surface area contributed by atoms with Crippen molar-refractivity contribution >= 4 is 10.9 Å². The van der Waals surface area contributed by atoms with Crippen LogP contribution in [0.25, 0.3) is 22.0 Å². The Morgan fingerprint density at radius 3 is 2.48 bits per heavy atom. The summed E-state index contributed by atoms with van der Waals surface area (Å²) in [7, 11) is 1.70. The van der Waals surface area contributed by atoms with Crippen LogP contribution in [0.5, 0.6) is 17.2 Å². The van der Waals surface area contributed by atoms with E-state index in [0.717, 1.165) is 59.6 Å². The van der Waals surface area contributed by atoms with Crippen molar-refractivity contribution in [3.63, 3.8) is 0 Å². The van der Waals surface area contributed by atoms with Crippen LogP contribution in [0.3, 0.4) is 0 Å². The summed E-state index contributed by atoms with van der Waals surface area (Å²) < 4.78 is 14.1. The van der Waals surface area contributed by atoms with Gasteiger partial charge in [-0.1, -0.05) is 48.5 Å². The standard InChI is InChI=1S/C34H32N2O4/c1-39-33-16-25-13-14-35-19-32-29(17-31(35)27(25)18-34(33)40-20-22-5-3-2-4-6-22)28-15-24(9-12-30(28)36(32)21-37)23-7-10-26(38)11-8-23/h2-12,15-16,18,31,37-38H,13-14,17,19-21H2,1H3. The van der Waals surface area contributed by atoms with Crippen molar-refractivity contribution in [2.75, 3.05) is 13.7 Å². The molecule has 0 amide bonds. The molecule has 3 heterocycles. The lowest BCUT2D eigenvalue weighted by molar-refractivity contribution is 0.145. The number of nitrogens with zero attached hydrogens (tertiary/aromatic N) is 2. The van der Waals surface area contributed by atoms with E-state index < -0.39 is 0 Å². The van der Waals surface area contributed by atoms with Gasteiger partial charge in [0.1, 0.15) is 19.1 Å². The van der Waals surface area contributed by atoms with E-state index in [9.17, 15) is 10.2 Å². The molecule has 4 aromatic carbocycles. The number of hydrogen-bond acceptors (Lipinski definition) is 5. The zero-order valence-electron chi connectivity index (χ0n) is 22.5. The van der Waals surface area contributed by atoms with Crippen LogP contribution in [0.4, 0.5) is 0 Å². The molecule has 2 aliphatic rings. The highest BCUT2D eigenvalue weighted by Gasteiger charge is 2.36. The van der Waals surface area contributed by atoms with Crippen molar-refractivity contribution in [2.45, 2.75) is 38.8 Å². The molecule has 2 N–H and O–H groups in total. The number of aromatic hydroxyl groups is 1. The summed E-state index contributed by atoms with van der Waals surface area (Å²) in [6.07, 6.45) is 1.80. The molecule has 40 heavy (non-hydrogen) atoms. The number of ether oxygens (including phenoxy) is 2. The first-order valence-electron chi connectivity index (χ1n) is 13.8. The van der Waals surface area contributed by atoms with Crippen molar-refractivity contribution in [3.05, 3.63) is 113 Å². The summed E-state index contributed by atoms with van der Waals surface area (Å²) in [6, 6.07) is 28.5. The maximum Gasteiger partial charge on any atom is 0.162 e. The smallest absolute Gasteiger partial charge is 0.162 e. The minimum absolute atomic E-state index is 0.0475. The SMILES string of the molecule is COc1cc2c(cc1OCc1ccccc1)C1Cc3c(n(CO)c4ccc(-c5ccc(O)cc5)cc34)CN1CC2. The van der Waals surface area contributed by atoms with Crippen LogP contribution in [-0.4, -0.2) is 33.3 Å². The Labute approximate surface area is 233 Å². The number of benzene rings is 4. The summed E-state index contributed by atoms with van der Waals surface area (Å²) >= 11 is 0. The number of aliphatic hydroxyl groups is 1. The second-order valence-electron chi connectivity index (χ2n) is 10.7. The average molecular weight is 533 g/mol. The number of aliphatic hydroxyl groups excluding tert-OH is 1. The number of aromatic nitrogens is 1. The third-order valence-corrected chi connectivity index (χ3v) is 8.51. The zero-order valence-corrected chi connectivity index (χ0v) is 22.5. The molecule has 1 unspecified atom stereocenters. The van der Waals surface area contributed by atoms with E-state index >= 15 is 0 Å². The van der Waals surface area contributed by atoms with E-state index in [1.807, 2.05) is 30.3 Å². The predicted molar refractivity (Wildman–Crippen MR) is 156 cm³/mol. The molecule has 202 valence electrons. The highest BCUT2D eigenvalue weighted by molar-refractivity contribution is 5.90. The van der Waals surface area contributed by atoms with Gasteiger partial charge in [-0.3, -0.25) is 4.90 Å². The quantitative estimate of drug-likeness (QED) is 0.272. The van der Waals surface area contributed by atoms with E-state index in [1.54, 1.807) is 19.2 Å². The van der Waals surface area contributed by atoms with Gasteiger partial charge in [0.05, 0.1) is 12.6 Å². The number of rotatable bonds is 6. The van der Waals surface area contributed by atoms with Gasteiger partial charge in [-0.05, 0) is 82.6 Å². The molecule has 0 radical (unpaired) electrons. The van der Waals surface area contributed by atoms with Crippen LogP contribution < -0.4 is 9.47 Å². The van der Waals surface area contributed by atoms with Crippen molar-refractivity contribution in [2.24, 2.45) is 0 Å². The van der Waals surface area contributed by atoms with Gasteiger partial charge >= 0.3 is 0 Å². The fourth-order valence-electron chi connectivity index (χ4n) is 6.46. The van der Waals surface area contributed by atoms with Crippen molar-refractivity contribution in [1.82, 2.24) is 9.47 Å². The van der Waals surface area contributed by atoms with Gasteiger partial charge < -0.3 is 24.3 Å².